The highest BCUT2D eigenvalue weighted by Gasteiger charge is 2.14. The van der Waals surface area contributed by atoms with Gasteiger partial charge in [-0.1, -0.05) is 18.2 Å². The number of allylic oxidation sites excluding steroid dienone is 1. The van der Waals surface area contributed by atoms with Crippen LogP contribution in [0.3, 0.4) is 0 Å². The van der Waals surface area contributed by atoms with Crippen molar-refractivity contribution in [2.24, 2.45) is 0 Å². The monoisotopic (exact) mass is 223 g/mol. The van der Waals surface area contributed by atoms with Crippen molar-refractivity contribution < 1.29 is 14.3 Å². The maximum atomic E-state index is 13.2. The molecule has 4 heteroatoms. The molecule has 1 rings (SSSR count). The number of hydrogen-bond donors (Lipinski definition) is 2. The van der Waals surface area contributed by atoms with Crippen LogP contribution in [0.15, 0.2) is 30.4 Å². The maximum absolute atomic E-state index is 13.2. The third-order valence-corrected chi connectivity index (χ3v) is 2.09. The fraction of sp³-hybridized carbons (Fsp3) is 0.250. The highest BCUT2D eigenvalue weighted by Crippen LogP contribution is 2.18. The van der Waals surface area contributed by atoms with Crippen molar-refractivity contribution in [3.05, 3.63) is 41.7 Å². The minimum atomic E-state index is -1.26. The van der Waals surface area contributed by atoms with Gasteiger partial charge < -0.3 is 10.4 Å². The van der Waals surface area contributed by atoms with Crippen LogP contribution < -0.4 is 5.32 Å². The summed E-state index contributed by atoms with van der Waals surface area (Å²) in [6, 6.07) is 4.18. The van der Waals surface area contributed by atoms with Crippen LogP contribution >= 0.6 is 0 Å². The second-order valence-corrected chi connectivity index (χ2v) is 3.25. The van der Waals surface area contributed by atoms with Crippen LogP contribution in [0.5, 0.6) is 0 Å². The van der Waals surface area contributed by atoms with Crippen molar-refractivity contribution in [2.45, 2.75) is 13.3 Å². The molecule has 1 aromatic rings. The summed E-state index contributed by atoms with van der Waals surface area (Å²) < 4.78 is 13.2. The molecule has 1 aromatic carbocycles. The van der Waals surface area contributed by atoms with Gasteiger partial charge in [0.1, 0.15) is 11.4 Å². The summed E-state index contributed by atoms with van der Waals surface area (Å²) in [5, 5.41) is 11.8. The smallest absolute Gasteiger partial charge is 0.340 e. The van der Waals surface area contributed by atoms with Crippen molar-refractivity contribution >= 4 is 11.7 Å². The minimum absolute atomic E-state index is 0.303. The highest BCUT2D eigenvalue weighted by atomic mass is 19.1. The molecular formula is C12H14FNO2. The molecule has 0 heterocycles. The van der Waals surface area contributed by atoms with Crippen molar-refractivity contribution in [2.75, 3.05) is 11.9 Å². The molecule has 2 N–H and O–H groups in total. The van der Waals surface area contributed by atoms with Gasteiger partial charge in [0, 0.05) is 6.54 Å². The molecule has 3 nitrogen and oxygen atoms in total. The number of carboxylic acids is 1. The quantitative estimate of drug-likeness (QED) is 0.596. The molecule has 86 valence electrons. The molecule has 0 spiro atoms. The molecule has 0 saturated carbocycles. The first-order valence-corrected chi connectivity index (χ1v) is 5.03. The Morgan fingerprint density at radius 3 is 2.94 bits per heavy atom. The van der Waals surface area contributed by atoms with Gasteiger partial charge in [-0.25, -0.2) is 9.18 Å². The topological polar surface area (TPSA) is 49.3 Å². The van der Waals surface area contributed by atoms with Gasteiger partial charge in [0.25, 0.3) is 0 Å². The van der Waals surface area contributed by atoms with E-state index in [0.29, 0.717) is 12.2 Å². The molecule has 0 fully saturated rings. The number of aromatic carboxylic acids is 1. The number of rotatable bonds is 5. The Morgan fingerprint density at radius 1 is 1.56 bits per heavy atom. The van der Waals surface area contributed by atoms with Crippen LogP contribution in [-0.2, 0) is 0 Å². The molecule has 0 bridgehead atoms. The number of carboxylic acid groups (broad SMARTS) is 1. The summed E-state index contributed by atoms with van der Waals surface area (Å²) in [5.41, 5.74) is 0.0139. The second-order valence-electron chi connectivity index (χ2n) is 3.25. The Balaban J connectivity index is 2.79. The van der Waals surface area contributed by atoms with E-state index < -0.39 is 11.8 Å². The second kappa shape index (κ2) is 5.90. The van der Waals surface area contributed by atoms with Gasteiger partial charge in [-0.15, -0.1) is 0 Å². The summed E-state index contributed by atoms with van der Waals surface area (Å²) in [6.45, 7) is 2.49. The van der Waals surface area contributed by atoms with Crippen LogP contribution in [0, 0.1) is 5.82 Å². The van der Waals surface area contributed by atoms with Crippen LogP contribution in [0.1, 0.15) is 23.7 Å². The van der Waals surface area contributed by atoms with Gasteiger partial charge in [0.2, 0.25) is 0 Å². The maximum Gasteiger partial charge on any atom is 0.340 e. The predicted octanol–water partition coefficient (Wildman–Crippen LogP) is 2.90. The molecular weight excluding hydrogens is 209 g/mol. The van der Waals surface area contributed by atoms with Gasteiger partial charge in [0.15, 0.2) is 0 Å². The van der Waals surface area contributed by atoms with E-state index in [1.54, 1.807) is 6.07 Å². The van der Waals surface area contributed by atoms with Gasteiger partial charge in [0.05, 0.1) is 5.69 Å². The lowest BCUT2D eigenvalue weighted by molar-refractivity contribution is 0.0693. The first-order valence-electron chi connectivity index (χ1n) is 5.03. The van der Waals surface area contributed by atoms with Crippen LogP contribution in [-0.4, -0.2) is 17.6 Å². The van der Waals surface area contributed by atoms with Gasteiger partial charge >= 0.3 is 5.97 Å². The summed E-state index contributed by atoms with van der Waals surface area (Å²) >= 11 is 0. The first-order chi connectivity index (χ1) is 7.66. The molecule has 0 unspecified atom stereocenters. The Morgan fingerprint density at radius 2 is 2.31 bits per heavy atom. The number of carbonyl (C=O) groups is 1. The molecule has 0 aliphatic heterocycles. The van der Waals surface area contributed by atoms with Crippen molar-refractivity contribution in [3.63, 3.8) is 0 Å². The molecule has 0 radical (unpaired) electrons. The van der Waals surface area contributed by atoms with E-state index in [1.807, 2.05) is 19.1 Å². The van der Waals surface area contributed by atoms with Gasteiger partial charge in [-0.05, 0) is 25.5 Å². The lowest BCUT2D eigenvalue weighted by Crippen LogP contribution is -2.09. The normalized spacial score (nSPS) is 10.6. The molecule has 0 saturated heterocycles. The molecule has 0 aliphatic carbocycles. The number of halogens is 1. The van der Waals surface area contributed by atoms with Crippen LogP contribution in [0.2, 0.25) is 0 Å². The van der Waals surface area contributed by atoms with E-state index in [0.717, 1.165) is 12.5 Å². The zero-order valence-corrected chi connectivity index (χ0v) is 9.03. The summed E-state index contributed by atoms with van der Waals surface area (Å²) in [4.78, 5) is 10.8. The minimum Gasteiger partial charge on any atom is -0.478 e. The zero-order valence-electron chi connectivity index (χ0n) is 9.03. The molecule has 0 aliphatic rings. The Kier molecular flexibility index (Phi) is 4.51. The number of anilines is 1. The van der Waals surface area contributed by atoms with Gasteiger partial charge in [-0.3, -0.25) is 0 Å². The number of nitrogens with one attached hydrogen (secondary N) is 1. The summed E-state index contributed by atoms with van der Waals surface area (Å²) in [7, 11) is 0. The lowest BCUT2D eigenvalue weighted by Gasteiger charge is -2.08. The standard InChI is InChI=1S/C12H14FNO2/c1-2-3-4-8-14-10-7-5-6-9(13)11(10)12(15)16/h2-3,5-7,14H,4,8H2,1H3,(H,15,16)/b3-2+. The van der Waals surface area contributed by atoms with E-state index in [-0.39, 0.29) is 5.56 Å². The predicted molar refractivity (Wildman–Crippen MR) is 61.3 cm³/mol. The third kappa shape index (κ3) is 3.08. The first kappa shape index (κ1) is 12.2. The van der Waals surface area contributed by atoms with Crippen molar-refractivity contribution in [3.8, 4) is 0 Å². The van der Waals surface area contributed by atoms with Crippen molar-refractivity contribution in [1.82, 2.24) is 0 Å². The lowest BCUT2D eigenvalue weighted by atomic mass is 10.1. The Bertz CT molecular complexity index is 402. The van der Waals surface area contributed by atoms with Crippen molar-refractivity contribution in [1.29, 1.82) is 0 Å². The van der Waals surface area contributed by atoms with E-state index in [9.17, 15) is 9.18 Å². The Labute approximate surface area is 93.6 Å². The number of benzene rings is 1. The fourth-order valence-electron chi connectivity index (χ4n) is 1.35. The molecule has 0 atom stereocenters. The number of hydrogen-bond acceptors (Lipinski definition) is 2. The molecule has 0 aromatic heterocycles. The van der Waals surface area contributed by atoms with E-state index in [4.69, 9.17) is 5.11 Å². The van der Waals surface area contributed by atoms with Crippen LogP contribution in [0.4, 0.5) is 10.1 Å². The van der Waals surface area contributed by atoms with E-state index in [1.165, 1.54) is 6.07 Å². The average molecular weight is 223 g/mol. The zero-order chi connectivity index (χ0) is 12.0. The fourth-order valence-corrected chi connectivity index (χ4v) is 1.35. The summed E-state index contributed by atoms with van der Waals surface area (Å²) in [6.07, 6.45) is 4.63. The Hall–Kier alpha value is -1.84. The van der Waals surface area contributed by atoms with Crippen LogP contribution in [0.25, 0.3) is 0 Å². The summed E-state index contributed by atoms with van der Waals surface area (Å²) in [5.74, 6) is -1.98. The molecule has 0 amide bonds. The van der Waals surface area contributed by atoms with E-state index >= 15 is 0 Å². The highest BCUT2D eigenvalue weighted by molar-refractivity contribution is 5.94. The van der Waals surface area contributed by atoms with E-state index in [2.05, 4.69) is 5.32 Å². The largest absolute Gasteiger partial charge is 0.478 e. The molecule has 16 heavy (non-hydrogen) atoms. The SMILES string of the molecule is C/C=C/CCNc1cccc(F)c1C(=O)O. The third-order valence-electron chi connectivity index (χ3n) is 2.09. The average Bonchev–Trinajstić information content (AvgIpc) is 2.24. The van der Waals surface area contributed by atoms with Gasteiger partial charge in [-0.2, -0.15) is 0 Å².